The monoisotopic (exact) mass is 344 g/mol. The van der Waals surface area contributed by atoms with E-state index in [4.69, 9.17) is 10.1 Å². The second-order valence-electron chi connectivity index (χ2n) is 7.33. The molecule has 5 heteroatoms. The number of piperazine rings is 1. The Labute approximate surface area is 148 Å². The summed E-state index contributed by atoms with van der Waals surface area (Å²) in [6.07, 6.45) is 5.49. The third kappa shape index (κ3) is 3.30. The molecule has 1 aromatic carbocycles. The van der Waals surface area contributed by atoms with Gasteiger partial charge in [0.25, 0.3) is 0 Å². The molecule has 2 aliphatic rings. The van der Waals surface area contributed by atoms with Crippen molar-refractivity contribution in [1.29, 1.82) is 0 Å². The zero-order valence-corrected chi connectivity index (χ0v) is 15.2. The van der Waals surface area contributed by atoms with Crippen LogP contribution in [0.15, 0.2) is 24.3 Å². The lowest BCUT2D eigenvalue weighted by molar-refractivity contribution is 0.149. The van der Waals surface area contributed by atoms with Gasteiger partial charge in [-0.25, -0.2) is 0 Å². The Hall–Kier alpha value is -1.17. The van der Waals surface area contributed by atoms with Gasteiger partial charge >= 0.3 is 0 Å². The molecule has 0 bridgehead atoms. The Morgan fingerprint density at radius 3 is 2.58 bits per heavy atom. The first kappa shape index (κ1) is 16.3. The summed E-state index contributed by atoms with van der Waals surface area (Å²) in [5, 5.41) is 1.31. The fourth-order valence-electron chi connectivity index (χ4n) is 4.41. The molecule has 1 saturated heterocycles. The van der Waals surface area contributed by atoms with Gasteiger partial charge in [-0.2, -0.15) is 4.37 Å². The predicted molar refractivity (Wildman–Crippen MR) is 103 cm³/mol. The molecule has 2 heterocycles. The molecule has 2 atom stereocenters. The van der Waals surface area contributed by atoms with Gasteiger partial charge in [-0.05, 0) is 54.9 Å². The number of anilines is 1. The van der Waals surface area contributed by atoms with E-state index in [0.717, 1.165) is 44.6 Å². The Kier molecular flexibility index (Phi) is 5.01. The van der Waals surface area contributed by atoms with Gasteiger partial charge in [0, 0.05) is 38.1 Å². The average molecular weight is 345 g/mol. The van der Waals surface area contributed by atoms with E-state index in [0.29, 0.717) is 0 Å². The molecule has 1 aliphatic heterocycles. The van der Waals surface area contributed by atoms with E-state index < -0.39 is 0 Å². The first-order valence-electron chi connectivity index (χ1n) is 9.37. The summed E-state index contributed by atoms with van der Waals surface area (Å²) < 4.78 is 6.01. The number of benzene rings is 1. The number of hydrogen-bond donors (Lipinski definition) is 1. The van der Waals surface area contributed by atoms with Crippen LogP contribution in [-0.2, 0) is 0 Å². The van der Waals surface area contributed by atoms with Gasteiger partial charge in [0.2, 0.25) is 0 Å². The number of rotatable bonds is 4. The number of nitrogens with two attached hydrogens (primary N) is 1. The maximum atomic E-state index is 6.00. The molecule has 4 nitrogen and oxygen atoms in total. The minimum atomic E-state index is 0.749. The summed E-state index contributed by atoms with van der Waals surface area (Å²) in [5.74, 6) is 2.75. The molecule has 1 aromatic heterocycles. The van der Waals surface area contributed by atoms with Crippen molar-refractivity contribution in [3.05, 3.63) is 24.3 Å². The normalized spacial score (nSPS) is 26.1. The van der Waals surface area contributed by atoms with Gasteiger partial charge in [-0.1, -0.05) is 25.0 Å². The Balaban J connectivity index is 1.36. The third-order valence-corrected chi connectivity index (χ3v) is 6.71. The lowest BCUT2D eigenvalue weighted by Crippen LogP contribution is -2.49. The standard InChI is InChI=1S/C19H28N4S/c20-13-15-5-1-2-6-16(15)14-22-9-11-23(12-10-22)19-17-7-3-4-8-18(17)24-21-19/h3-4,7-8,15-16H,1-2,5-6,9-14,20H2. The van der Waals surface area contributed by atoms with E-state index in [1.165, 1.54) is 48.1 Å². The summed E-state index contributed by atoms with van der Waals surface area (Å²) >= 11 is 1.62. The smallest absolute Gasteiger partial charge is 0.150 e. The second-order valence-corrected chi connectivity index (χ2v) is 8.14. The van der Waals surface area contributed by atoms with Gasteiger partial charge in [0.1, 0.15) is 5.82 Å². The first-order valence-corrected chi connectivity index (χ1v) is 10.1. The zero-order chi connectivity index (χ0) is 16.4. The van der Waals surface area contributed by atoms with E-state index >= 15 is 0 Å². The fraction of sp³-hybridized carbons (Fsp3) is 0.632. The van der Waals surface area contributed by atoms with E-state index in [1.807, 2.05) is 0 Å². The van der Waals surface area contributed by atoms with Gasteiger partial charge < -0.3 is 10.6 Å². The van der Waals surface area contributed by atoms with Gasteiger partial charge in [-0.3, -0.25) is 4.90 Å². The van der Waals surface area contributed by atoms with Crippen LogP contribution >= 0.6 is 11.5 Å². The molecule has 1 saturated carbocycles. The van der Waals surface area contributed by atoms with Crippen molar-refractivity contribution in [2.24, 2.45) is 17.6 Å². The Morgan fingerprint density at radius 2 is 1.79 bits per heavy atom. The van der Waals surface area contributed by atoms with Crippen LogP contribution in [0.5, 0.6) is 0 Å². The molecule has 0 amide bonds. The van der Waals surface area contributed by atoms with Crippen molar-refractivity contribution in [3.63, 3.8) is 0 Å². The summed E-state index contributed by atoms with van der Waals surface area (Å²) in [6.45, 7) is 6.60. The summed E-state index contributed by atoms with van der Waals surface area (Å²) in [6, 6.07) is 8.59. The molecule has 2 aromatic rings. The molecule has 2 unspecified atom stereocenters. The Bertz CT molecular complexity index is 662. The maximum absolute atomic E-state index is 6.00. The predicted octanol–water partition coefficient (Wildman–Crippen LogP) is 3.18. The third-order valence-electron chi connectivity index (χ3n) is 5.89. The molecule has 1 aliphatic carbocycles. The van der Waals surface area contributed by atoms with Gasteiger partial charge in [0.05, 0.1) is 4.70 Å². The van der Waals surface area contributed by atoms with E-state index in [-0.39, 0.29) is 0 Å². The molecule has 4 rings (SSSR count). The SMILES string of the molecule is NCC1CCCCC1CN1CCN(c2nsc3ccccc23)CC1. The topological polar surface area (TPSA) is 45.4 Å². The van der Waals surface area contributed by atoms with E-state index in [9.17, 15) is 0 Å². The second kappa shape index (κ2) is 7.38. The molecule has 0 radical (unpaired) electrons. The van der Waals surface area contributed by atoms with Crippen LogP contribution in [-0.4, -0.2) is 48.5 Å². The van der Waals surface area contributed by atoms with Crippen molar-refractivity contribution >= 4 is 27.4 Å². The minimum absolute atomic E-state index is 0.749. The van der Waals surface area contributed by atoms with Gasteiger partial charge in [0.15, 0.2) is 0 Å². The number of aromatic nitrogens is 1. The first-order chi connectivity index (χ1) is 11.8. The zero-order valence-electron chi connectivity index (χ0n) is 14.4. The lowest BCUT2D eigenvalue weighted by Gasteiger charge is -2.39. The highest BCUT2D eigenvalue weighted by atomic mass is 32.1. The fourth-order valence-corrected chi connectivity index (χ4v) is 5.21. The van der Waals surface area contributed by atoms with Crippen molar-refractivity contribution in [1.82, 2.24) is 9.27 Å². The molecule has 0 spiro atoms. The maximum Gasteiger partial charge on any atom is 0.150 e. The minimum Gasteiger partial charge on any atom is -0.353 e. The van der Waals surface area contributed by atoms with Crippen LogP contribution in [0.4, 0.5) is 5.82 Å². The summed E-state index contributed by atoms with van der Waals surface area (Å²) in [5.41, 5.74) is 6.00. The van der Waals surface area contributed by atoms with Gasteiger partial charge in [-0.15, -0.1) is 0 Å². The van der Waals surface area contributed by atoms with E-state index in [2.05, 4.69) is 34.1 Å². The Morgan fingerprint density at radius 1 is 1.04 bits per heavy atom. The van der Waals surface area contributed by atoms with Crippen LogP contribution in [0.3, 0.4) is 0 Å². The average Bonchev–Trinajstić information content (AvgIpc) is 3.07. The van der Waals surface area contributed by atoms with E-state index in [1.54, 1.807) is 11.5 Å². The summed E-state index contributed by atoms with van der Waals surface area (Å²) in [4.78, 5) is 5.13. The van der Waals surface area contributed by atoms with Crippen LogP contribution in [0.2, 0.25) is 0 Å². The highest BCUT2D eigenvalue weighted by Crippen LogP contribution is 2.32. The molecule has 2 N–H and O–H groups in total. The molecule has 130 valence electrons. The highest BCUT2D eigenvalue weighted by molar-refractivity contribution is 7.13. The number of fused-ring (bicyclic) bond motifs is 1. The molecule has 2 fully saturated rings. The molecular formula is C19H28N4S. The van der Waals surface area contributed by atoms with Crippen molar-refractivity contribution < 1.29 is 0 Å². The quantitative estimate of drug-likeness (QED) is 0.925. The van der Waals surface area contributed by atoms with Crippen LogP contribution in [0.1, 0.15) is 25.7 Å². The molecular weight excluding hydrogens is 316 g/mol. The largest absolute Gasteiger partial charge is 0.353 e. The molecule has 24 heavy (non-hydrogen) atoms. The van der Waals surface area contributed by atoms with Crippen LogP contribution in [0, 0.1) is 11.8 Å². The highest BCUT2D eigenvalue weighted by Gasteiger charge is 2.28. The lowest BCUT2D eigenvalue weighted by atomic mass is 9.79. The number of hydrogen-bond acceptors (Lipinski definition) is 5. The van der Waals surface area contributed by atoms with Crippen LogP contribution < -0.4 is 10.6 Å². The van der Waals surface area contributed by atoms with Crippen molar-refractivity contribution in [2.75, 3.05) is 44.2 Å². The van der Waals surface area contributed by atoms with Crippen molar-refractivity contribution in [3.8, 4) is 0 Å². The number of nitrogens with zero attached hydrogens (tertiary/aromatic N) is 3. The van der Waals surface area contributed by atoms with Crippen LogP contribution in [0.25, 0.3) is 10.1 Å². The summed E-state index contributed by atoms with van der Waals surface area (Å²) in [7, 11) is 0. The van der Waals surface area contributed by atoms with Crippen molar-refractivity contribution in [2.45, 2.75) is 25.7 Å².